The molecule has 8 heteroatoms. The molecule has 0 saturated carbocycles. The highest BCUT2D eigenvalue weighted by molar-refractivity contribution is 7.19. The molecule has 2 aromatic heterocycles. The summed E-state index contributed by atoms with van der Waals surface area (Å²) in [6.45, 7) is 2.58. The summed E-state index contributed by atoms with van der Waals surface area (Å²) in [7, 11) is 0. The van der Waals surface area contributed by atoms with E-state index >= 15 is 0 Å². The summed E-state index contributed by atoms with van der Waals surface area (Å²) < 4.78 is 5.40. The van der Waals surface area contributed by atoms with Crippen LogP contribution in [0.2, 0.25) is 0 Å². The summed E-state index contributed by atoms with van der Waals surface area (Å²) in [5.74, 6) is 0.823. The summed E-state index contributed by atoms with van der Waals surface area (Å²) >= 11 is 2.58. The summed E-state index contributed by atoms with van der Waals surface area (Å²) in [6.07, 6.45) is 0. The van der Waals surface area contributed by atoms with Gasteiger partial charge in [-0.3, -0.25) is 10.1 Å². The van der Waals surface area contributed by atoms with Gasteiger partial charge in [0.1, 0.15) is 5.75 Å². The number of hydrogen-bond acceptors (Lipinski definition) is 7. The van der Waals surface area contributed by atoms with Crippen LogP contribution in [0.25, 0.3) is 10.6 Å². The number of nitrogens with one attached hydrogen (secondary N) is 1. The molecule has 2 heterocycles. The highest BCUT2D eigenvalue weighted by Gasteiger charge is 2.13. The summed E-state index contributed by atoms with van der Waals surface area (Å²) in [4.78, 5) is 15.6. The van der Waals surface area contributed by atoms with Gasteiger partial charge in [-0.05, 0) is 37.3 Å². The molecule has 1 N–H and O–H groups in total. The maximum absolute atomic E-state index is 10.7. The van der Waals surface area contributed by atoms with Crippen molar-refractivity contribution in [3.05, 3.63) is 51.9 Å². The van der Waals surface area contributed by atoms with Gasteiger partial charge in [0.25, 0.3) is 0 Å². The Balaban J connectivity index is 1.72. The van der Waals surface area contributed by atoms with E-state index in [1.54, 1.807) is 6.07 Å². The van der Waals surface area contributed by atoms with E-state index in [2.05, 4.69) is 10.3 Å². The number of nitro groups is 1. The van der Waals surface area contributed by atoms with Crippen LogP contribution in [-0.2, 0) is 0 Å². The molecule has 0 saturated heterocycles. The third kappa shape index (κ3) is 3.66. The van der Waals surface area contributed by atoms with Crippen LogP contribution in [0.1, 0.15) is 6.92 Å². The monoisotopic (exact) mass is 347 g/mol. The Morgan fingerprint density at radius 2 is 2.04 bits per heavy atom. The van der Waals surface area contributed by atoms with Crippen LogP contribution >= 0.6 is 22.7 Å². The second kappa shape index (κ2) is 6.76. The van der Waals surface area contributed by atoms with Gasteiger partial charge < -0.3 is 10.1 Å². The van der Waals surface area contributed by atoms with Crippen molar-refractivity contribution >= 4 is 38.5 Å². The van der Waals surface area contributed by atoms with Crippen LogP contribution in [0, 0.1) is 10.1 Å². The fourth-order valence-electron chi connectivity index (χ4n) is 1.93. The van der Waals surface area contributed by atoms with Crippen LogP contribution in [0.4, 0.5) is 15.8 Å². The van der Waals surface area contributed by atoms with Crippen molar-refractivity contribution in [2.75, 3.05) is 11.9 Å². The Labute approximate surface area is 140 Å². The van der Waals surface area contributed by atoms with Crippen molar-refractivity contribution in [1.29, 1.82) is 0 Å². The Bertz CT molecular complexity index is 811. The van der Waals surface area contributed by atoms with Crippen LogP contribution in [-0.4, -0.2) is 16.5 Å². The molecule has 0 radical (unpaired) electrons. The minimum absolute atomic E-state index is 0.119. The zero-order chi connectivity index (χ0) is 16.2. The van der Waals surface area contributed by atoms with Gasteiger partial charge in [0.15, 0.2) is 5.13 Å². The smallest absolute Gasteiger partial charge is 0.324 e. The van der Waals surface area contributed by atoms with Crippen molar-refractivity contribution in [3.63, 3.8) is 0 Å². The first kappa shape index (κ1) is 15.4. The SMILES string of the molecule is CCOc1ccc(Nc2nc(-c3ccc([N+](=O)[O-])s3)cs2)cc1. The molecule has 0 bridgehead atoms. The number of hydrogen-bond donors (Lipinski definition) is 1. The standard InChI is InChI=1S/C15H13N3O3S2/c1-2-21-11-5-3-10(4-6-11)16-15-17-12(9-22-15)13-7-8-14(23-13)18(19)20/h3-9H,2H2,1H3,(H,16,17). The largest absolute Gasteiger partial charge is 0.494 e. The summed E-state index contributed by atoms with van der Waals surface area (Å²) in [5, 5.41) is 16.7. The van der Waals surface area contributed by atoms with E-state index in [4.69, 9.17) is 4.74 Å². The van der Waals surface area contributed by atoms with Crippen molar-refractivity contribution in [2.45, 2.75) is 6.92 Å². The molecule has 1 aromatic carbocycles. The molecule has 6 nitrogen and oxygen atoms in total. The molecule has 0 aliphatic carbocycles. The number of anilines is 2. The summed E-state index contributed by atoms with van der Waals surface area (Å²) in [6, 6.07) is 10.8. The molecule has 0 aliphatic heterocycles. The third-order valence-corrected chi connectivity index (χ3v) is 4.76. The molecule has 0 spiro atoms. The first-order valence-corrected chi connectivity index (χ1v) is 8.55. The van der Waals surface area contributed by atoms with Gasteiger partial charge in [-0.15, -0.1) is 11.3 Å². The van der Waals surface area contributed by atoms with Crippen LogP contribution in [0.5, 0.6) is 5.75 Å². The van der Waals surface area contributed by atoms with Gasteiger partial charge in [0, 0.05) is 17.1 Å². The lowest BCUT2D eigenvalue weighted by Gasteiger charge is -2.05. The maximum Gasteiger partial charge on any atom is 0.324 e. The molecule has 118 valence electrons. The lowest BCUT2D eigenvalue weighted by molar-refractivity contribution is -0.380. The Kier molecular flexibility index (Phi) is 4.54. The van der Waals surface area contributed by atoms with Crippen molar-refractivity contribution in [3.8, 4) is 16.3 Å². The first-order chi connectivity index (χ1) is 11.2. The molecule has 3 rings (SSSR count). The zero-order valence-electron chi connectivity index (χ0n) is 12.2. The van der Waals surface area contributed by atoms with Crippen LogP contribution in [0.3, 0.4) is 0 Å². The minimum atomic E-state index is -0.389. The predicted molar refractivity (Wildman–Crippen MR) is 93.0 cm³/mol. The fourth-order valence-corrected chi connectivity index (χ4v) is 3.52. The maximum atomic E-state index is 10.7. The number of benzene rings is 1. The molecular formula is C15H13N3O3S2. The third-order valence-electron chi connectivity index (χ3n) is 2.94. The average molecular weight is 347 g/mol. The number of rotatable bonds is 6. The lowest BCUT2D eigenvalue weighted by Crippen LogP contribution is -1.92. The fraction of sp³-hybridized carbons (Fsp3) is 0.133. The topological polar surface area (TPSA) is 77.3 Å². The van der Waals surface area contributed by atoms with Crippen molar-refractivity contribution < 1.29 is 9.66 Å². The second-order valence-corrected chi connectivity index (χ2v) is 6.44. The molecule has 3 aromatic rings. The van der Waals surface area contributed by atoms with Gasteiger partial charge in [-0.2, -0.15) is 0 Å². The number of ether oxygens (including phenoxy) is 1. The molecule has 0 atom stereocenters. The van der Waals surface area contributed by atoms with E-state index in [9.17, 15) is 10.1 Å². The summed E-state index contributed by atoms with van der Waals surface area (Å²) in [5.41, 5.74) is 1.65. The first-order valence-electron chi connectivity index (χ1n) is 6.85. The second-order valence-electron chi connectivity index (χ2n) is 4.52. The molecule has 0 amide bonds. The number of nitrogens with zero attached hydrogens (tertiary/aromatic N) is 2. The highest BCUT2D eigenvalue weighted by atomic mass is 32.1. The van der Waals surface area contributed by atoms with Crippen LogP contribution < -0.4 is 10.1 Å². The quantitative estimate of drug-likeness (QED) is 0.506. The van der Waals surface area contributed by atoms with Gasteiger partial charge >= 0.3 is 5.00 Å². The Hall–Kier alpha value is -2.45. The van der Waals surface area contributed by atoms with E-state index in [1.165, 1.54) is 17.4 Å². The van der Waals surface area contributed by atoms with E-state index in [0.29, 0.717) is 6.61 Å². The van der Waals surface area contributed by atoms with Crippen molar-refractivity contribution in [1.82, 2.24) is 4.98 Å². The minimum Gasteiger partial charge on any atom is -0.494 e. The molecular weight excluding hydrogens is 334 g/mol. The van der Waals surface area contributed by atoms with E-state index in [0.717, 1.165) is 38.5 Å². The lowest BCUT2D eigenvalue weighted by atomic mass is 10.3. The molecule has 0 unspecified atom stereocenters. The Morgan fingerprint density at radius 1 is 1.26 bits per heavy atom. The highest BCUT2D eigenvalue weighted by Crippen LogP contribution is 2.34. The van der Waals surface area contributed by atoms with E-state index in [1.807, 2.05) is 36.6 Å². The predicted octanol–water partition coefficient (Wildman–Crippen LogP) is 4.92. The van der Waals surface area contributed by atoms with E-state index in [-0.39, 0.29) is 9.92 Å². The van der Waals surface area contributed by atoms with Crippen LogP contribution in [0.15, 0.2) is 41.8 Å². The number of thiophene rings is 1. The van der Waals surface area contributed by atoms with Gasteiger partial charge in [0.2, 0.25) is 0 Å². The normalized spacial score (nSPS) is 10.5. The average Bonchev–Trinajstić information content (AvgIpc) is 3.18. The zero-order valence-corrected chi connectivity index (χ0v) is 13.8. The molecule has 0 aliphatic rings. The number of aromatic nitrogens is 1. The van der Waals surface area contributed by atoms with Crippen molar-refractivity contribution in [2.24, 2.45) is 0 Å². The molecule has 0 fully saturated rings. The van der Waals surface area contributed by atoms with Gasteiger partial charge in [-0.25, -0.2) is 4.98 Å². The number of thiazole rings is 1. The van der Waals surface area contributed by atoms with E-state index < -0.39 is 0 Å². The Morgan fingerprint density at radius 3 is 2.70 bits per heavy atom. The van der Waals surface area contributed by atoms with Gasteiger partial charge in [0.05, 0.1) is 22.1 Å². The van der Waals surface area contributed by atoms with Gasteiger partial charge in [-0.1, -0.05) is 11.3 Å². The molecule has 23 heavy (non-hydrogen) atoms.